The summed E-state index contributed by atoms with van der Waals surface area (Å²) in [4.78, 5) is 26.6. The molecule has 0 aromatic heterocycles. The minimum absolute atomic E-state index is 0.0144. The van der Waals surface area contributed by atoms with Crippen molar-refractivity contribution < 1.29 is 14.7 Å². The molecule has 1 saturated heterocycles. The summed E-state index contributed by atoms with van der Waals surface area (Å²) in [5.41, 5.74) is 1.58. The number of aliphatic hydroxyl groups excluding tert-OH is 1. The molecule has 1 unspecified atom stereocenters. The minimum Gasteiger partial charge on any atom is -0.378 e. The van der Waals surface area contributed by atoms with Crippen LogP contribution in [-0.2, 0) is 4.79 Å². The van der Waals surface area contributed by atoms with Crippen molar-refractivity contribution in [3.63, 3.8) is 0 Å². The summed E-state index contributed by atoms with van der Waals surface area (Å²) < 4.78 is 0. The number of carbonyl (C=O) groups excluding carboxylic acids is 2. The molecule has 0 radical (unpaired) electrons. The third-order valence-electron chi connectivity index (χ3n) is 4.38. The molecule has 1 aliphatic heterocycles. The normalized spacial score (nSPS) is 15.5. The van der Waals surface area contributed by atoms with Gasteiger partial charge in [-0.2, -0.15) is 0 Å². The highest BCUT2D eigenvalue weighted by molar-refractivity contribution is 5.98. The quantitative estimate of drug-likeness (QED) is 0.900. The number of amides is 2. The average Bonchev–Trinajstić information content (AvgIpc) is 2.68. The Morgan fingerprint density at radius 3 is 2.40 bits per heavy atom. The SMILES string of the molecule is O=C(Nc1cccc(C(=O)N2CCCCC2)c1)C(O)c1ccccc1. The van der Waals surface area contributed by atoms with Gasteiger partial charge in [-0.3, -0.25) is 9.59 Å². The lowest BCUT2D eigenvalue weighted by molar-refractivity contribution is -0.124. The van der Waals surface area contributed by atoms with Gasteiger partial charge in [0.2, 0.25) is 0 Å². The first-order chi connectivity index (χ1) is 12.1. The Morgan fingerprint density at radius 2 is 1.68 bits per heavy atom. The van der Waals surface area contributed by atoms with Crippen LogP contribution in [0.3, 0.4) is 0 Å². The predicted molar refractivity (Wildman–Crippen MR) is 96.2 cm³/mol. The van der Waals surface area contributed by atoms with Gasteiger partial charge in [-0.25, -0.2) is 0 Å². The van der Waals surface area contributed by atoms with E-state index in [1.54, 1.807) is 48.5 Å². The van der Waals surface area contributed by atoms with E-state index in [-0.39, 0.29) is 5.91 Å². The zero-order valence-corrected chi connectivity index (χ0v) is 14.0. The Balaban J connectivity index is 1.69. The van der Waals surface area contributed by atoms with Crippen LogP contribution in [0.4, 0.5) is 5.69 Å². The largest absolute Gasteiger partial charge is 0.378 e. The highest BCUT2D eigenvalue weighted by atomic mass is 16.3. The third-order valence-corrected chi connectivity index (χ3v) is 4.38. The number of anilines is 1. The smallest absolute Gasteiger partial charge is 0.257 e. The van der Waals surface area contributed by atoms with E-state index in [1.165, 1.54) is 0 Å². The zero-order chi connectivity index (χ0) is 17.6. The Labute approximate surface area is 147 Å². The lowest BCUT2D eigenvalue weighted by Crippen LogP contribution is -2.35. The summed E-state index contributed by atoms with van der Waals surface area (Å²) in [5.74, 6) is -0.534. The maximum absolute atomic E-state index is 12.6. The highest BCUT2D eigenvalue weighted by Gasteiger charge is 2.20. The van der Waals surface area contributed by atoms with E-state index >= 15 is 0 Å². The van der Waals surface area contributed by atoms with Crippen LogP contribution < -0.4 is 5.32 Å². The van der Waals surface area contributed by atoms with Crippen molar-refractivity contribution in [3.05, 3.63) is 65.7 Å². The summed E-state index contributed by atoms with van der Waals surface area (Å²) in [6.07, 6.45) is 1.98. The molecule has 2 amide bonds. The van der Waals surface area contributed by atoms with E-state index in [0.29, 0.717) is 16.8 Å². The van der Waals surface area contributed by atoms with Crippen LogP contribution in [-0.4, -0.2) is 34.9 Å². The fourth-order valence-corrected chi connectivity index (χ4v) is 3.01. The first-order valence-electron chi connectivity index (χ1n) is 8.58. The van der Waals surface area contributed by atoms with Crippen molar-refractivity contribution in [1.29, 1.82) is 0 Å². The molecular weight excluding hydrogens is 316 g/mol. The lowest BCUT2D eigenvalue weighted by atomic mass is 10.1. The highest BCUT2D eigenvalue weighted by Crippen LogP contribution is 2.19. The number of aliphatic hydroxyl groups is 1. The second kappa shape index (κ2) is 7.94. The third kappa shape index (κ3) is 4.25. The van der Waals surface area contributed by atoms with Crippen molar-refractivity contribution in [3.8, 4) is 0 Å². The number of nitrogens with one attached hydrogen (secondary N) is 1. The molecule has 0 spiro atoms. The van der Waals surface area contributed by atoms with Crippen LogP contribution in [0, 0.1) is 0 Å². The first-order valence-corrected chi connectivity index (χ1v) is 8.58. The lowest BCUT2D eigenvalue weighted by Gasteiger charge is -2.26. The molecule has 5 nitrogen and oxygen atoms in total. The van der Waals surface area contributed by atoms with E-state index in [1.807, 2.05) is 11.0 Å². The van der Waals surface area contributed by atoms with Crippen molar-refractivity contribution in [2.24, 2.45) is 0 Å². The molecule has 0 bridgehead atoms. The topological polar surface area (TPSA) is 69.6 Å². The van der Waals surface area contributed by atoms with Gasteiger partial charge in [0.25, 0.3) is 11.8 Å². The van der Waals surface area contributed by atoms with Crippen molar-refractivity contribution in [1.82, 2.24) is 4.90 Å². The second-order valence-corrected chi connectivity index (χ2v) is 6.24. The Hall–Kier alpha value is -2.66. The van der Waals surface area contributed by atoms with E-state index in [9.17, 15) is 14.7 Å². The number of benzene rings is 2. The summed E-state index contributed by atoms with van der Waals surface area (Å²) in [6, 6.07) is 15.6. The number of nitrogens with zero attached hydrogens (tertiary/aromatic N) is 1. The summed E-state index contributed by atoms with van der Waals surface area (Å²) >= 11 is 0. The molecule has 2 aromatic carbocycles. The summed E-state index contributed by atoms with van der Waals surface area (Å²) in [5, 5.41) is 12.8. The number of piperidine rings is 1. The molecule has 2 N–H and O–H groups in total. The van der Waals surface area contributed by atoms with Gasteiger partial charge in [0, 0.05) is 24.3 Å². The van der Waals surface area contributed by atoms with Crippen molar-refractivity contribution >= 4 is 17.5 Å². The molecule has 0 aliphatic carbocycles. The van der Waals surface area contributed by atoms with Crippen LogP contribution in [0.2, 0.25) is 0 Å². The fraction of sp³-hybridized carbons (Fsp3) is 0.300. The van der Waals surface area contributed by atoms with Gasteiger partial charge in [-0.05, 0) is 43.0 Å². The minimum atomic E-state index is -1.25. The fourth-order valence-electron chi connectivity index (χ4n) is 3.01. The predicted octanol–water partition coefficient (Wildman–Crippen LogP) is 2.98. The van der Waals surface area contributed by atoms with Crippen LogP contribution in [0.5, 0.6) is 0 Å². The van der Waals surface area contributed by atoms with Gasteiger partial charge < -0.3 is 15.3 Å². The van der Waals surface area contributed by atoms with Gasteiger partial charge in [0.05, 0.1) is 0 Å². The molecule has 2 aromatic rings. The molecule has 1 heterocycles. The maximum Gasteiger partial charge on any atom is 0.257 e. The molecule has 0 saturated carbocycles. The van der Waals surface area contributed by atoms with E-state index in [2.05, 4.69) is 5.32 Å². The number of carbonyl (C=O) groups is 2. The Kier molecular flexibility index (Phi) is 5.46. The number of hydrogen-bond acceptors (Lipinski definition) is 3. The van der Waals surface area contributed by atoms with Crippen LogP contribution in [0.25, 0.3) is 0 Å². The van der Waals surface area contributed by atoms with Gasteiger partial charge >= 0.3 is 0 Å². The number of likely N-dealkylation sites (tertiary alicyclic amines) is 1. The second-order valence-electron chi connectivity index (χ2n) is 6.24. The van der Waals surface area contributed by atoms with Crippen LogP contribution >= 0.6 is 0 Å². The number of rotatable bonds is 4. The molecule has 5 heteroatoms. The molecule has 130 valence electrons. The maximum atomic E-state index is 12.6. The molecule has 3 rings (SSSR count). The summed E-state index contributed by atoms with van der Waals surface area (Å²) in [7, 11) is 0. The average molecular weight is 338 g/mol. The molecule has 1 aliphatic rings. The van der Waals surface area contributed by atoms with E-state index < -0.39 is 12.0 Å². The number of hydrogen-bond donors (Lipinski definition) is 2. The van der Waals surface area contributed by atoms with Crippen LogP contribution in [0.15, 0.2) is 54.6 Å². The van der Waals surface area contributed by atoms with E-state index in [0.717, 1.165) is 32.4 Å². The van der Waals surface area contributed by atoms with Gasteiger partial charge in [-0.1, -0.05) is 36.4 Å². The summed E-state index contributed by atoms with van der Waals surface area (Å²) in [6.45, 7) is 1.56. The molecule has 1 atom stereocenters. The van der Waals surface area contributed by atoms with E-state index in [4.69, 9.17) is 0 Å². The Bertz CT molecular complexity index is 740. The standard InChI is InChI=1S/C20H22N2O3/c23-18(15-8-3-1-4-9-15)19(24)21-17-11-7-10-16(14-17)20(25)22-12-5-2-6-13-22/h1,3-4,7-11,14,18,23H,2,5-6,12-13H2,(H,21,24). The van der Waals surface area contributed by atoms with Crippen molar-refractivity contribution in [2.75, 3.05) is 18.4 Å². The van der Waals surface area contributed by atoms with Gasteiger partial charge in [0.15, 0.2) is 6.10 Å². The van der Waals surface area contributed by atoms with Crippen molar-refractivity contribution in [2.45, 2.75) is 25.4 Å². The van der Waals surface area contributed by atoms with Crippen LogP contribution in [0.1, 0.15) is 41.3 Å². The molecular formula is C20H22N2O3. The monoisotopic (exact) mass is 338 g/mol. The van der Waals surface area contributed by atoms with Gasteiger partial charge in [-0.15, -0.1) is 0 Å². The van der Waals surface area contributed by atoms with Gasteiger partial charge in [0.1, 0.15) is 0 Å². The first kappa shape index (κ1) is 17.2. The molecule has 25 heavy (non-hydrogen) atoms. The Morgan fingerprint density at radius 1 is 0.960 bits per heavy atom. The molecule has 1 fully saturated rings. The zero-order valence-electron chi connectivity index (χ0n) is 14.0.